The number of likely N-dealkylation sites (N-methyl/N-ethyl adjacent to an activating group) is 1. The zero-order valence-electron chi connectivity index (χ0n) is 21.3. The molecule has 3 aromatic rings. The molecule has 1 aromatic heterocycles. The number of carbonyl (C=O) groups excluding carboxylic acids is 3. The number of hydrogen-bond acceptors (Lipinski definition) is 6. The molecule has 2 amide bonds. The van der Waals surface area contributed by atoms with Gasteiger partial charge in [0.05, 0.1) is 15.4 Å². The molecule has 2 aromatic carbocycles. The van der Waals surface area contributed by atoms with Crippen molar-refractivity contribution in [3.05, 3.63) is 82.4 Å². The van der Waals surface area contributed by atoms with Crippen LogP contribution >= 0.6 is 0 Å². The number of carbonyl (C=O) groups is 3. The van der Waals surface area contributed by atoms with Gasteiger partial charge in [-0.3, -0.25) is 14.4 Å². The van der Waals surface area contributed by atoms with Crippen molar-refractivity contribution in [1.82, 2.24) is 14.8 Å². The third kappa shape index (κ3) is 5.33. The molecule has 0 atom stereocenters. The Morgan fingerprint density at radius 3 is 2.47 bits per heavy atom. The molecule has 4 rings (SSSR count). The van der Waals surface area contributed by atoms with E-state index in [-0.39, 0.29) is 34.6 Å². The molecule has 0 saturated carbocycles. The molecule has 0 radical (unpaired) electrons. The number of fused-ring (bicyclic) bond motifs is 1. The number of aromatic nitrogens is 1. The highest BCUT2D eigenvalue weighted by atomic mass is 32.2. The first kappa shape index (κ1) is 27.1. The van der Waals surface area contributed by atoms with Gasteiger partial charge >= 0.3 is 5.97 Å². The van der Waals surface area contributed by atoms with Crippen LogP contribution < -0.4 is 5.32 Å². The van der Waals surface area contributed by atoms with Crippen molar-refractivity contribution in [2.24, 2.45) is 0 Å². The lowest BCUT2D eigenvalue weighted by Gasteiger charge is -2.17. The van der Waals surface area contributed by atoms with E-state index in [4.69, 9.17) is 4.74 Å². The highest BCUT2D eigenvalue weighted by molar-refractivity contribution is 7.91. The van der Waals surface area contributed by atoms with Crippen LogP contribution in [0.25, 0.3) is 0 Å². The first-order chi connectivity index (χ1) is 18.0. The third-order valence-electron chi connectivity index (χ3n) is 6.53. The summed E-state index contributed by atoms with van der Waals surface area (Å²) in [6.45, 7) is 1.56. The van der Waals surface area contributed by atoms with Crippen LogP contribution in [0.1, 0.15) is 32.9 Å². The summed E-state index contributed by atoms with van der Waals surface area (Å²) in [7, 11) is -0.859. The average molecular weight is 542 g/mol. The summed E-state index contributed by atoms with van der Waals surface area (Å²) in [5.74, 6) is -1.84. The predicted octanol–water partition coefficient (Wildman–Crippen LogP) is 2.28. The van der Waals surface area contributed by atoms with Gasteiger partial charge < -0.3 is 19.5 Å². The quantitative estimate of drug-likeness (QED) is 0.346. The van der Waals surface area contributed by atoms with Crippen LogP contribution in [0.3, 0.4) is 0 Å². The van der Waals surface area contributed by atoms with Gasteiger partial charge in [-0.25, -0.2) is 12.8 Å². The molecule has 2 heterocycles. The van der Waals surface area contributed by atoms with Gasteiger partial charge in [0.2, 0.25) is 9.84 Å². The molecule has 1 aliphatic rings. The highest BCUT2D eigenvalue weighted by Gasteiger charge is 2.30. The van der Waals surface area contributed by atoms with E-state index in [0.717, 1.165) is 12.1 Å². The molecule has 0 spiro atoms. The maximum atomic E-state index is 13.4. The standard InChI is InChI=1S/C27H28FN3O6S/c1-17-21(14-18-6-4-5-7-23(18)38(35,36)20-10-8-19(28)9-11-20)26-22(12-13-29-27(26)34)31(17)15-25(33)37-16-24(32)30(2)3/h4-11H,12-16H2,1-3H3,(H,29,34). The molecular weight excluding hydrogens is 513 g/mol. The first-order valence-corrected chi connectivity index (χ1v) is 13.4. The number of sulfone groups is 1. The molecule has 1 N–H and O–H groups in total. The number of halogens is 1. The minimum Gasteiger partial charge on any atom is -0.454 e. The first-order valence-electron chi connectivity index (χ1n) is 11.9. The summed E-state index contributed by atoms with van der Waals surface area (Å²) < 4.78 is 47.1. The van der Waals surface area contributed by atoms with E-state index in [1.165, 1.54) is 23.1 Å². The van der Waals surface area contributed by atoms with Gasteiger partial charge in [-0.05, 0) is 48.4 Å². The summed E-state index contributed by atoms with van der Waals surface area (Å²) in [6.07, 6.45) is 0.584. The maximum absolute atomic E-state index is 13.4. The van der Waals surface area contributed by atoms with E-state index in [0.29, 0.717) is 41.0 Å². The lowest BCUT2D eigenvalue weighted by atomic mass is 9.97. The van der Waals surface area contributed by atoms with Gasteiger partial charge in [-0.2, -0.15) is 0 Å². The predicted molar refractivity (Wildman–Crippen MR) is 136 cm³/mol. The Hall–Kier alpha value is -3.99. The molecule has 38 heavy (non-hydrogen) atoms. The summed E-state index contributed by atoms with van der Waals surface area (Å²) in [5, 5.41) is 2.81. The average Bonchev–Trinajstić information content (AvgIpc) is 3.14. The van der Waals surface area contributed by atoms with Crippen molar-refractivity contribution in [3.63, 3.8) is 0 Å². The van der Waals surface area contributed by atoms with Gasteiger partial charge in [0.25, 0.3) is 11.8 Å². The smallest absolute Gasteiger partial charge is 0.326 e. The Bertz CT molecular complexity index is 1510. The maximum Gasteiger partial charge on any atom is 0.326 e. The van der Waals surface area contributed by atoms with Crippen molar-refractivity contribution < 1.29 is 31.9 Å². The van der Waals surface area contributed by atoms with Crippen molar-refractivity contribution >= 4 is 27.6 Å². The van der Waals surface area contributed by atoms with Crippen LogP contribution in [0.2, 0.25) is 0 Å². The number of nitrogens with zero attached hydrogens (tertiary/aromatic N) is 2. The topological polar surface area (TPSA) is 115 Å². The molecule has 0 saturated heterocycles. The number of amides is 2. The number of nitrogens with one attached hydrogen (secondary N) is 1. The second-order valence-electron chi connectivity index (χ2n) is 9.17. The molecule has 0 aliphatic carbocycles. The van der Waals surface area contributed by atoms with Crippen LogP contribution in [0, 0.1) is 12.7 Å². The van der Waals surface area contributed by atoms with E-state index in [1.54, 1.807) is 43.8 Å². The third-order valence-corrected chi connectivity index (χ3v) is 8.40. The Balaban J connectivity index is 1.71. The second-order valence-corrected chi connectivity index (χ2v) is 11.1. The fourth-order valence-corrected chi connectivity index (χ4v) is 5.98. The minimum absolute atomic E-state index is 0.0459. The van der Waals surface area contributed by atoms with Crippen molar-refractivity contribution in [2.45, 2.75) is 36.1 Å². The minimum atomic E-state index is -3.97. The SMILES string of the molecule is Cc1c(Cc2ccccc2S(=O)(=O)c2ccc(F)cc2)c2c(n1CC(=O)OCC(=O)N(C)C)CCNC2=O. The number of benzene rings is 2. The van der Waals surface area contributed by atoms with Crippen molar-refractivity contribution in [3.8, 4) is 0 Å². The fraction of sp³-hybridized carbons (Fsp3) is 0.296. The number of rotatable bonds is 8. The lowest BCUT2D eigenvalue weighted by molar-refractivity contribution is -0.151. The molecule has 0 unspecified atom stereocenters. The van der Waals surface area contributed by atoms with Gasteiger partial charge in [-0.15, -0.1) is 0 Å². The fourth-order valence-electron chi connectivity index (χ4n) is 4.49. The van der Waals surface area contributed by atoms with Crippen LogP contribution in [0.15, 0.2) is 58.3 Å². The molecular formula is C27H28FN3O6S. The Labute approximate surface area is 220 Å². The second kappa shape index (κ2) is 10.8. The van der Waals surface area contributed by atoms with E-state index >= 15 is 0 Å². The zero-order chi connectivity index (χ0) is 27.6. The number of hydrogen-bond donors (Lipinski definition) is 1. The molecule has 0 fully saturated rings. The van der Waals surface area contributed by atoms with Crippen molar-refractivity contribution in [2.75, 3.05) is 27.2 Å². The largest absolute Gasteiger partial charge is 0.454 e. The van der Waals surface area contributed by atoms with Gasteiger partial charge in [0.15, 0.2) is 6.61 Å². The molecule has 11 heteroatoms. The Morgan fingerprint density at radius 1 is 1.11 bits per heavy atom. The molecule has 0 bridgehead atoms. The summed E-state index contributed by atoms with van der Waals surface area (Å²) >= 11 is 0. The summed E-state index contributed by atoms with van der Waals surface area (Å²) in [5.41, 5.74) is 2.72. The number of ether oxygens (including phenoxy) is 1. The monoisotopic (exact) mass is 541 g/mol. The molecule has 1 aliphatic heterocycles. The van der Waals surface area contributed by atoms with Crippen LogP contribution in [-0.2, 0) is 43.5 Å². The van der Waals surface area contributed by atoms with Crippen LogP contribution in [0.5, 0.6) is 0 Å². The van der Waals surface area contributed by atoms with Gasteiger partial charge in [0, 0.05) is 44.9 Å². The zero-order valence-corrected chi connectivity index (χ0v) is 22.1. The Morgan fingerprint density at radius 2 is 1.79 bits per heavy atom. The number of esters is 1. The summed E-state index contributed by atoms with van der Waals surface area (Å²) in [4.78, 5) is 38.6. The Kier molecular flexibility index (Phi) is 7.68. The van der Waals surface area contributed by atoms with Gasteiger partial charge in [-0.1, -0.05) is 18.2 Å². The highest BCUT2D eigenvalue weighted by Crippen LogP contribution is 2.31. The summed E-state index contributed by atoms with van der Waals surface area (Å²) in [6, 6.07) is 11.1. The van der Waals surface area contributed by atoms with Crippen molar-refractivity contribution in [1.29, 1.82) is 0 Å². The molecule has 9 nitrogen and oxygen atoms in total. The van der Waals surface area contributed by atoms with E-state index in [2.05, 4.69) is 5.32 Å². The van der Waals surface area contributed by atoms with E-state index < -0.39 is 28.2 Å². The van der Waals surface area contributed by atoms with Gasteiger partial charge in [0.1, 0.15) is 12.4 Å². The molecule has 200 valence electrons. The van der Waals surface area contributed by atoms with Crippen LogP contribution in [0.4, 0.5) is 4.39 Å². The normalized spacial score (nSPS) is 13.0. The lowest BCUT2D eigenvalue weighted by Crippen LogP contribution is -2.33. The van der Waals surface area contributed by atoms with Crippen LogP contribution in [-0.4, -0.2) is 62.9 Å². The van der Waals surface area contributed by atoms with E-state index in [9.17, 15) is 27.2 Å². The van der Waals surface area contributed by atoms with E-state index in [1.807, 2.05) is 0 Å².